The predicted octanol–water partition coefficient (Wildman–Crippen LogP) is 3.04. The molecule has 112 valence electrons. The first-order valence-electron chi connectivity index (χ1n) is 14.7. The van der Waals surface area contributed by atoms with Gasteiger partial charge in [0.2, 0.25) is 0 Å². The molecule has 0 bridgehead atoms. The second kappa shape index (κ2) is 6.59. The van der Waals surface area contributed by atoms with Crippen LogP contribution in [0.2, 0.25) is 0 Å². The first-order chi connectivity index (χ1) is 16.5. The lowest BCUT2D eigenvalue weighted by atomic mass is 9.72. The third-order valence-electron chi connectivity index (χ3n) is 2.53. The van der Waals surface area contributed by atoms with Crippen LogP contribution in [0.15, 0.2) is 24.2 Å². The predicted molar refractivity (Wildman–Crippen MR) is 82.3 cm³/mol. The second-order valence-electron chi connectivity index (χ2n) is 4.36. The summed E-state index contributed by atoms with van der Waals surface area (Å²) < 4.78 is 151. The van der Waals surface area contributed by atoms with Gasteiger partial charge in [0, 0.05) is 27.5 Å². The normalized spacial score (nSPS) is 47.8. The lowest BCUT2D eigenvalue weighted by molar-refractivity contribution is -0.0277. The van der Waals surface area contributed by atoms with Crippen molar-refractivity contribution in [3.63, 3.8) is 0 Å². The monoisotopic (exact) mass is 295 g/mol. The van der Waals surface area contributed by atoms with Crippen LogP contribution >= 0.6 is 0 Å². The zero-order chi connectivity index (χ0) is 30.5. The average Bonchev–Trinajstić information content (AvgIpc) is 2.72. The molecule has 1 atom stereocenters. The Bertz CT molecular complexity index is 1050. The summed E-state index contributed by atoms with van der Waals surface area (Å²) in [5.41, 5.74) is -5.45. The number of ether oxygens (including phenoxy) is 1. The maximum Gasteiger partial charge on any atom is 0.118 e. The standard InChI is InChI=1S/C17H27NO2/c1-18(2)13-16(17(19)11-5-4-6-12-17)14-7-9-15(20-3)10-8-14/h7-10,16,19H,4-6,11-13H2,1-3H3/t16-/m1/s1/i3D3,4D2,5D2,6D2,7D,8D,9D,10D,11D2,12D2,16D. The van der Waals surface area contributed by atoms with Crippen molar-refractivity contribution in [2.75, 3.05) is 27.7 Å². The van der Waals surface area contributed by atoms with Gasteiger partial charge in [-0.1, -0.05) is 31.2 Å². The third kappa shape index (κ3) is 3.53. The van der Waals surface area contributed by atoms with Gasteiger partial charge in [-0.2, -0.15) is 0 Å². The first-order valence-corrected chi connectivity index (χ1v) is 5.70. The van der Waals surface area contributed by atoms with E-state index in [1.165, 1.54) is 14.1 Å². The van der Waals surface area contributed by atoms with Crippen molar-refractivity contribution in [1.29, 1.82) is 0 Å². The zero-order valence-corrected chi connectivity index (χ0v) is 11.0. The Morgan fingerprint density at radius 1 is 1.40 bits per heavy atom. The molecule has 2 rings (SSSR count). The molecular weight excluding hydrogens is 250 g/mol. The van der Waals surface area contributed by atoms with Crippen LogP contribution in [0.25, 0.3) is 0 Å². The number of benzene rings is 1. The summed E-state index contributed by atoms with van der Waals surface area (Å²) in [6.45, 7) is -1.05. The Balaban J connectivity index is 3.19. The molecule has 0 saturated heterocycles. The SMILES string of the molecule is [2H]c1c([2H])c([C@@]([2H])(CN(C)C)C2(O)C([2H])([2H])C([2H])([2H])C([2H])([2H])C([2H])([2H])C2([2H])[2H])c([2H])c([2H])c1OC([2H])([2H])[2H]. The molecule has 0 aromatic heterocycles. The average molecular weight is 296 g/mol. The van der Waals surface area contributed by atoms with Crippen molar-refractivity contribution in [2.45, 2.75) is 43.4 Å². The van der Waals surface area contributed by atoms with Crippen LogP contribution in [0, 0.1) is 0 Å². The molecule has 1 aliphatic rings. The van der Waals surface area contributed by atoms with Crippen LogP contribution in [0.1, 0.15) is 68.0 Å². The van der Waals surface area contributed by atoms with E-state index < -0.39 is 92.4 Å². The fraction of sp³-hybridized carbons (Fsp3) is 0.647. The van der Waals surface area contributed by atoms with Gasteiger partial charge in [-0.05, 0) is 44.5 Å². The molecular formula is C17H27NO2. The number of likely N-dealkylation sites (N-methyl/N-ethyl adjacent to an activating group) is 1. The van der Waals surface area contributed by atoms with E-state index >= 15 is 0 Å². The van der Waals surface area contributed by atoms with E-state index in [2.05, 4.69) is 4.74 Å². The number of hydrogen-bond donors (Lipinski definition) is 1. The van der Waals surface area contributed by atoms with Crippen molar-refractivity contribution in [3.8, 4) is 5.75 Å². The number of nitrogens with zero attached hydrogens (tertiary/aromatic N) is 1. The Kier molecular flexibility index (Phi) is 1.40. The fourth-order valence-electron chi connectivity index (χ4n) is 1.65. The Morgan fingerprint density at radius 3 is 2.60 bits per heavy atom. The maximum absolute atomic E-state index is 11.9. The molecule has 1 N–H and O–H groups in total. The van der Waals surface area contributed by atoms with Gasteiger partial charge in [0.1, 0.15) is 5.75 Å². The van der Waals surface area contributed by atoms with Gasteiger partial charge in [0.05, 0.1) is 22.2 Å². The van der Waals surface area contributed by atoms with Crippen molar-refractivity contribution in [1.82, 2.24) is 4.90 Å². The lowest BCUT2D eigenvalue weighted by Crippen LogP contribution is -2.42. The molecule has 0 amide bonds. The van der Waals surface area contributed by atoms with Crippen LogP contribution < -0.4 is 4.74 Å². The number of aliphatic hydroxyl groups is 1. The summed E-state index contributed by atoms with van der Waals surface area (Å²) in [6, 6.07) is -4.93. The van der Waals surface area contributed by atoms with Gasteiger partial charge in [-0.25, -0.2) is 0 Å². The smallest absolute Gasteiger partial charge is 0.118 e. The van der Waals surface area contributed by atoms with Gasteiger partial charge in [0.15, 0.2) is 0 Å². The minimum atomic E-state index is -4.23. The van der Waals surface area contributed by atoms with E-state index in [1.807, 2.05) is 0 Å². The molecule has 0 unspecified atom stereocenters. The summed E-state index contributed by atoms with van der Waals surface area (Å²) in [7, 11) is -0.792. The van der Waals surface area contributed by atoms with Gasteiger partial charge in [0.25, 0.3) is 0 Å². The minimum Gasteiger partial charge on any atom is -0.497 e. The van der Waals surface area contributed by atoms with Crippen molar-refractivity contribution < 1.29 is 34.5 Å². The van der Waals surface area contributed by atoms with Gasteiger partial charge >= 0.3 is 0 Å². The van der Waals surface area contributed by atoms with E-state index in [4.69, 9.17) is 23.3 Å². The molecule has 1 aromatic carbocycles. The largest absolute Gasteiger partial charge is 0.497 e. The molecule has 20 heavy (non-hydrogen) atoms. The quantitative estimate of drug-likeness (QED) is 0.906. The van der Waals surface area contributed by atoms with Crippen molar-refractivity contribution in [3.05, 3.63) is 29.7 Å². The van der Waals surface area contributed by atoms with Crippen LogP contribution in [0.3, 0.4) is 0 Å². The van der Waals surface area contributed by atoms with E-state index in [-0.39, 0.29) is 0 Å². The molecule has 0 aliphatic heterocycles. The van der Waals surface area contributed by atoms with E-state index in [0.29, 0.717) is 0 Å². The van der Waals surface area contributed by atoms with E-state index in [1.54, 1.807) is 0 Å². The first kappa shape index (κ1) is 4.23. The summed E-state index contributed by atoms with van der Waals surface area (Å²) in [6.07, 6.45) is -20.3. The molecule has 1 saturated carbocycles. The summed E-state index contributed by atoms with van der Waals surface area (Å²) in [5.74, 6) is -4.57. The highest BCUT2D eigenvalue weighted by molar-refractivity contribution is 5.31. The van der Waals surface area contributed by atoms with Crippen molar-refractivity contribution >= 4 is 0 Å². The Labute approximate surface area is 147 Å². The Morgan fingerprint density at radius 2 is 2.05 bits per heavy atom. The highest BCUT2D eigenvalue weighted by Crippen LogP contribution is 2.40. The topological polar surface area (TPSA) is 32.7 Å². The highest BCUT2D eigenvalue weighted by Gasteiger charge is 2.38. The van der Waals surface area contributed by atoms with Crippen LogP contribution in [0.4, 0.5) is 0 Å². The van der Waals surface area contributed by atoms with Crippen LogP contribution in [0.5, 0.6) is 5.75 Å². The zero-order valence-electron chi connectivity index (χ0n) is 29.0. The Hall–Kier alpha value is -1.06. The molecule has 3 heteroatoms. The molecule has 1 aromatic rings. The van der Waals surface area contributed by atoms with Gasteiger partial charge < -0.3 is 14.7 Å². The van der Waals surface area contributed by atoms with E-state index in [0.717, 1.165) is 4.90 Å². The van der Waals surface area contributed by atoms with Crippen molar-refractivity contribution in [2.24, 2.45) is 0 Å². The highest BCUT2D eigenvalue weighted by atomic mass is 16.5. The lowest BCUT2D eigenvalue weighted by Gasteiger charge is -2.40. The second-order valence-corrected chi connectivity index (χ2v) is 4.36. The molecule has 3 nitrogen and oxygen atoms in total. The molecule has 0 spiro atoms. The fourth-order valence-corrected chi connectivity index (χ4v) is 1.65. The number of rotatable bonds is 5. The third-order valence-corrected chi connectivity index (χ3v) is 2.53. The van der Waals surface area contributed by atoms with E-state index in [9.17, 15) is 6.48 Å². The minimum absolute atomic E-state index is 1.03. The molecule has 0 radical (unpaired) electrons. The summed E-state index contributed by atoms with van der Waals surface area (Å²) in [4.78, 5) is 1.03. The molecule has 1 aliphatic carbocycles. The molecule has 1 fully saturated rings. The van der Waals surface area contributed by atoms with Crippen LogP contribution in [-0.2, 0) is 0 Å². The van der Waals surface area contributed by atoms with Gasteiger partial charge in [-0.15, -0.1) is 0 Å². The summed E-state index contributed by atoms with van der Waals surface area (Å²) >= 11 is 0. The maximum atomic E-state index is 11.9. The summed E-state index contributed by atoms with van der Waals surface area (Å²) in [5, 5.41) is 11.9. The van der Waals surface area contributed by atoms with Gasteiger partial charge in [-0.3, -0.25) is 0 Å². The van der Waals surface area contributed by atoms with Crippen LogP contribution in [-0.4, -0.2) is 43.3 Å². The number of hydrogen-bond acceptors (Lipinski definition) is 3. The number of methoxy groups -OCH3 is 1. The molecule has 0 heterocycles.